The molecule has 148 valence electrons. The first kappa shape index (κ1) is 20.8. The van der Waals surface area contributed by atoms with E-state index in [9.17, 15) is 39.2 Å². The third kappa shape index (κ3) is 4.60. The molecule has 0 radical (unpaired) electrons. The summed E-state index contributed by atoms with van der Waals surface area (Å²) in [6.45, 7) is 3.36. The maximum absolute atomic E-state index is 13.9. The molecule has 1 fully saturated rings. The molecule has 0 aliphatic heterocycles. The van der Waals surface area contributed by atoms with Crippen molar-refractivity contribution in [2.24, 2.45) is 0 Å². The highest BCUT2D eigenvalue weighted by Gasteiger charge is 2.49. The highest BCUT2D eigenvalue weighted by molar-refractivity contribution is 7.96. The largest absolute Gasteiger partial charge is 0.501 e. The maximum atomic E-state index is 13.9. The minimum atomic E-state index is -5.81. The van der Waals surface area contributed by atoms with Gasteiger partial charge in [0.15, 0.2) is 0 Å². The Labute approximate surface area is 145 Å². The lowest BCUT2D eigenvalue weighted by Gasteiger charge is -2.36. The zero-order chi connectivity index (χ0) is 20.0. The Morgan fingerprint density at radius 2 is 1.65 bits per heavy atom. The van der Waals surface area contributed by atoms with Crippen LogP contribution in [0.5, 0.6) is 0 Å². The van der Waals surface area contributed by atoms with Gasteiger partial charge in [0.05, 0.1) is 4.91 Å². The molecule has 0 aromatic carbocycles. The monoisotopic (exact) mass is 408 g/mol. The number of sulfone groups is 1. The highest BCUT2D eigenvalue weighted by atomic mass is 32.2. The molecule has 3 nitrogen and oxygen atoms in total. The molecule has 11 heteroatoms. The summed E-state index contributed by atoms with van der Waals surface area (Å²) < 4.78 is 120. The van der Waals surface area contributed by atoms with Crippen molar-refractivity contribution in [1.82, 2.24) is 0 Å². The first-order valence-electron chi connectivity index (χ1n) is 7.46. The SMILES string of the molecule is C=C1CC(F)(F)CC/C(S(=O)(=O)C(F)(F)F)=C\C=C/1OC1CC(F)(F)C1. The molecule has 2 aliphatic carbocycles. The Morgan fingerprint density at radius 3 is 2.15 bits per heavy atom. The number of rotatable bonds is 3. The first-order valence-corrected chi connectivity index (χ1v) is 8.94. The average Bonchev–Trinajstić information content (AvgIpc) is 2.45. The van der Waals surface area contributed by atoms with Gasteiger partial charge >= 0.3 is 5.51 Å². The molecule has 26 heavy (non-hydrogen) atoms. The van der Waals surface area contributed by atoms with Crippen LogP contribution in [0.2, 0.25) is 0 Å². The summed E-state index contributed by atoms with van der Waals surface area (Å²) in [6, 6.07) is 0. The number of hydrogen-bond donors (Lipinski definition) is 0. The van der Waals surface area contributed by atoms with E-state index in [1.807, 2.05) is 0 Å². The van der Waals surface area contributed by atoms with Gasteiger partial charge < -0.3 is 4.74 Å². The second-order valence-corrected chi connectivity index (χ2v) is 8.25. The van der Waals surface area contributed by atoms with Crippen LogP contribution in [0.15, 0.2) is 35.0 Å². The molecule has 0 bridgehead atoms. The smallest absolute Gasteiger partial charge is 0.490 e. The van der Waals surface area contributed by atoms with Gasteiger partial charge in [-0.15, -0.1) is 0 Å². The van der Waals surface area contributed by atoms with Crippen molar-refractivity contribution in [3.63, 3.8) is 0 Å². The molecule has 0 saturated heterocycles. The van der Waals surface area contributed by atoms with Crippen molar-refractivity contribution in [1.29, 1.82) is 0 Å². The van der Waals surface area contributed by atoms with E-state index in [0.29, 0.717) is 6.08 Å². The Bertz CT molecular complexity index is 740. The molecule has 0 atom stereocenters. The Hall–Kier alpha value is -1.52. The van der Waals surface area contributed by atoms with Gasteiger partial charge in [-0.2, -0.15) is 13.2 Å². The number of alkyl halides is 7. The number of hydrogen-bond acceptors (Lipinski definition) is 3. The number of halogens is 7. The zero-order valence-corrected chi connectivity index (χ0v) is 14.1. The molecule has 1 saturated carbocycles. The summed E-state index contributed by atoms with van der Waals surface area (Å²) in [7, 11) is -5.81. The standard InChI is InChI=1S/C15H15F7O3S/c1-9-6-13(16,17)5-4-11(26(23,24)15(20,21)22)2-3-12(9)25-10-7-14(18,19)8-10/h2-3,10H,1,4-8H2/b11-2+,12-3+. The summed E-state index contributed by atoms with van der Waals surface area (Å²) in [5.74, 6) is -6.93. The van der Waals surface area contributed by atoms with Gasteiger partial charge in [0, 0.05) is 25.7 Å². The van der Waals surface area contributed by atoms with Crippen LogP contribution >= 0.6 is 0 Å². The van der Waals surface area contributed by atoms with Crippen molar-refractivity contribution < 1.29 is 43.9 Å². The van der Waals surface area contributed by atoms with E-state index in [2.05, 4.69) is 6.58 Å². The molecular formula is C15H15F7O3S. The van der Waals surface area contributed by atoms with Gasteiger partial charge in [-0.25, -0.2) is 26.0 Å². The predicted octanol–water partition coefficient (Wildman–Crippen LogP) is 4.88. The first-order chi connectivity index (χ1) is 11.6. The fourth-order valence-corrected chi connectivity index (χ4v) is 3.44. The maximum Gasteiger partial charge on any atom is 0.501 e. The number of allylic oxidation sites excluding steroid dienone is 4. The van der Waals surface area contributed by atoms with Crippen LogP contribution < -0.4 is 0 Å². The summed E-state index contributed by atoms with van der Waals surface area (Å²) in [4.78, 5) is -1.25. The average molecular weight is 408 g/mol. The lowest BCUT2D eigenvalue weighted by Crippen LogP contribution is -2.41. The van der Waals surface area contributed by atoms with Crippen molar-refractivity contribution in [2.45, 2.75) is 55.6 Å². The van der Waals surface area contributed by atoms with E-state index in [4.69, 9.17) is 4.74 Å². The molecule has 0 spiro atoms. The Kier molecular flexibility index (Phi) is 5.26. The summed E-state index contributed by atoms with van der Waals surface area (Å²) in [5.41, 5.74) is -5.96. The molecule has 0 N–H and O–H groups in total. The van der Waals surface area contributed by atoms with Crippen molar-refractivity contribution in [2.75, 3.05) is 0 Å². The Balaban J connectivity index is 2.36. The van der Waals surface area contributed by atoms with Crippen LogP contribution in [0.25, 0.3) is 0 Å². The van der Waals surface area contributed by atoms with Gasteiger partial charge in [-0.05, 0) is 24.1 Å². The normalized spacial score (nSPS) is 28.5. The van der Waals surface area contributed by atoms with Crippen molar-refractivity contribution in [3.8, 4) is 0 Å². The molecule has 0 amide bonds. The molecule has 2 rings (SSSR count). The van der Waals surface area contributed by atoms with Crippen LogP contribution in [-0.2, 0) is 14.6 Å². The number of ether oxygens (including phenoxy) is 1. The highest BCUT2D eigenvalue weighted by Crippen LogP contribution is 2.43. The third-order valence-corrected chi connectivity index (χ3v) is 5.61. The van der Waals surface area contributed by atoms with Gasteiger partial charge in [-0.3, -0.25) is 0 Å². The van der Waals surface area contributed by atoms with Crippen LogP contribution in [0, 0.1) is 0 Å². The molecule has 0 unspecified atom stereocenters. The van der Waals surface area contributed by atoms with E-state index >= 15 is 0 Å². The second kappa shape index (κ2) is 6.58. The van der Waals surface area contributed by atoms with Crippen molar-refractivity contribution >= 4 is 9.84 Å². The zero-order valence-electron chi connectivity index (χ0n) is 13.3. The van der Waals surface area contributed by atoms with E-state index in [1.165, 1.54) is 0 Å². The predicted molar refractivity (Wildman–Crippen MR) is 78.1 cm³/mol. The Morgan fingerprint density at radius 1 is 1.08 bits per heavy atom. The van der Waals surface area contributed by atoms with Gasteiger partial charge in [-0.1, -0.05) is 6.58 Å². The van der Waals surface area contributed by atoms with Crippen molar-refractivity contribution in [3.05, 3.63) is 35.0 Å². The molecule has 0 aromatic heterocycles. The quantitative estimate of drug-likeness (QED) is 0.626. The fraction of sp³-hybridized carbons (Fsp3) is 0.600. The van der Waals surface area contributed by atoms with E-state index in [-0.39, 0.29) is 5.57 Å². The topological polar surface area (TPSA) is 43.4 Å². The van der Waals surface area contributed by atoms with Gasteiger partial charge in [0.1, 0.15) is 11.9 Å². The molecule has 0 aromatic rings. The van der Waals surface area contributed by atoms with Gasteiger partial charge in [0.2, 0.25) is 0 Å². The van der Waals surface area contributed by atoms with Crippen LogP contribution in [0.3, 0.4) is 0 Å². The van der Waals surface area contributed by atoms with E-state index < -0.39 is 76.1 Å². The minimum Gasteiger partial charge on any atom is -0.490 e. The van der Waals surface area contributed by atoms with E-state index in [1.54, 1.807) is 0 Å². The lowest BCUT2D eigenvalue weighted by molar-refractivity contribution is -0.150. The summed E-state index contributed by atoms with van der Waals surface area (Å²) in [6.07, 6.45) is -4.26. The molecule has 0 heterocycles. The van der Waals surface area contributed by atoms with Crippen LogP contribution in [0.4, 0.5) is 30.7 Å². The second-order valence-electron chi connectivity index (χ2n) is 6.25. The third-order valence-electron chi connectivity index (χ3n) is 3.97. The summed E-state index contributed by atoms with van der Waals surface area (Å²) in [5, 5.41) is 0. The van der Waals surface area contributed by atoms with Gasteiger partial charge in [0.25, 0.3) is 21.7 Å². The fourth-order valence-electron chi connectivity index (χ4n) is 2.53. The molecule has 2 aliphatic rings. The molecular weight excluding hydrogens is 393 g/mol. The summed E-state index contributed by atoms with van der Waals surface area (Å²) >= 11 is 0. The van der Waals surface area contributed by atoms with Crippen LogP contribution in [-0.4, -0.2) is 31.9 Å². The minimum absolute atomic E-state index is 0.313. The lowest BCUT2D eigenvalue weighted by atomic mass is 9.90. The van der Waals surface area contributed by atoms with E-state index in [0.717, 1.165) is 6.08 Å². The van der Waals surface area contributed by atoms with Crippen LogP contribution in [0.1, 0.15) is 32.1 Å².